The molecular weight excluding hydrogens is 340 g/mol. The van der Waals surface area contributed by atoms with E-state index in [1.807, 2.05) is 6.07 Å². The Morgan fingerprint density at radius 2 is 1.80 bits per heavy atom. The standard InChI is InChI=1S/C18H18N2O4S/c1-20-16-9-7-14(11-17(16)24-18(20)21)19-25(22,23)15-8-6-12-4-2-3-5-13(12)10-15/h6-11,19H,2-5H2,1H3. The van der Waals surface area contributed by atoms with Gasteiger partial charge in [-0.3, -0.25) is 9.29 Å². The van der Waals surface area contributed by atoms with Gasteiger partial charge < -0.3 is 4.42 Å². The molecule has 0 amide bonds. The Bertz CT molecular complexity index is 1130. The van der Waals surface area contributed by atoms with Gasteiger partial charge in [0.2, 0.25) is 0 Å². The predicted octanol–water partition coefficient (Wildman–Crippen LogP) is 2.81. The van der Waals surface area contributed by atoms with Gasteiger partial charge in [0.1, 0.15) is 0 Å². The highest BCUT2D eigenvalue weighted by molar-refractivity contribution is 7.92. The maximum atomic E-state index is 12.7. The van der Waals surface area contributed by atoms with Gasteiger partial charge >= 0.3 is 5.76 Å². The molecule has 0 atom stereocenters. The number of aryl methyl sites for hydroxylation is 3. The molecule has 0 spiro atoms. The number of nitrogens with one attached hydrogen (secondary N) is 1. The van der Waals surface area contributed by atoms with Gasteiger partial charge in [-0.1, -0.05) is 6.07 Å². The van der Waals surface area contributed by atoms with Crippen molar-refractivity contribution in [2.24, 2.45) is 7.05 Å². The second-order valence-electron chi connectivity index (χ2n) is 6.35. The van der Waals surface area contributed by atoms with Crippen LogP contribution in [-0.4, -0.2) is 13.0 Å². The first-order valence-electron chi connectivity index (χ1n) is 8.18. The largest absolute Gasteiger partial charge is 0.419 e. The summed E-state index contributed by atoms with van der Waals surface area (Å²) in [6, 6.07) is 10.1. The summed E-state index contributed by atoms with van der Waals surface area (Å²) in [5.74, 6) is -0.482. The lowest BCUT2D eigenvalue weighted by Gasteiger charge is -2.17. The lowest BCUT2D eigenvalue weighted by molar-refractivity contribution is 0.528. The van der Waals surface area contributed by atoms with E-state index in [1.165, 1.54) is 16.2 Å². The Balaban J connectivity index is 1.68. The van der Waals surface area contributed by atoms with Crippen molar-refractivity contribution in [1.82, 2.24) is 4.57 Å². The molecule has 4 rings (SSSR count). The van der Waals surface area contributed by atoms with E-state index >= 15 is 0 Å². The van der Waals surface area contributed by atoms with Gasteiger partial charge in [0.25, 0.3) is 10.0 Å². The molecule has 6 nitrogen and oxygen atoms in total. The highest BCUT2D eigenvalue weighted by Gasteiger charge is 2.18. The quantitative estimate of drug-likeness (QED) is 0.781. The number of oxazole rings is 1. The van der Waals surface area contributed by atoms with Crippen LogP contribution in [0.4, 0.5) is 5.69 Å². The zero-order valence-corrected chi connectivity index (χ0v) is 14.6. The van der Waals surface area contributed by atoms with E-state index < -0.39 is 15.8 Å². The molecule has 2 aromatic carbocycles. The summed E-state index contributed by atoms with van der Waals surface area (Å²) in [5.41, 5.74) is 3.66. The number of benzene rings is 2. The van der Waals surface area contributed by atoms with Crippen LogP contribution in [0, 0.1) is 0 Å². The molecule has 0 bridgehead atoms. The van der Waals surface area contributed by atoms with E-state index in [0.29, 0.717) is 16.8 Å². The summed E-state index contributed by atoms with van der Waals surface area (Å²) in [6.07, 6.45) is 4.17. The van der Waals surface area contributed by atoms with Crippen molar-refractivity contribution in [1.29, 1.82) is 0 Å². The molecule has 0 saturated carbocycles. The molecule has 0 fully saturated rings. The minimum atomic E-state index is -3.70. The molecule has 7 heteroatoms. The summed E-state index contributed by atoms with van der Waals surface area (Å²) < 4.78 is 34.4. The van der Waals surface area contributed by atoms with Crippen molar-refractivity contribution >= 4 is 26.8 Å². The number of fused-ring (bicyclic) bond motifs is 2. The van der Waals surface area contributed by atoms with Crippen LogP contribution in [0.1, 0.15) is 24.0 Å². The van der Waals surface area contributed by atoms with Crippen molar-refractivity contribution < 1.29 is 12.8 Å². The fraction of sp³-hybridized carbons (Fsp3) is 0.278. The molecule has 130 valence electrons. The smallest absolute Gasteiger partial charge is 0.408 e. The van der Waals surface area contributed by atoms with E-state index in [0.717, 1.165) is 31.2 Å². The maximum absolute atomic E-state index is 12.7. The summed E-state index contributed by atoms with van der Waals surface area (Å²) >= 11 is 0. The summed E-state index contributed by atoms with van der Waals surface area (Å²) in [7, 11) is -2.09. The third kappa shape index (κ3) is 2.84. The fourth-order valence-electron chi connectivity index (χ4n) is 3.29. The monoisotopic (exact) mass is 358 g/mol. The van der Waals surface area contributed by atoms with Crippen molar-refractivity contribution in [3.05, 3.63) is 58.1 Å². The molecule has 1 N–H and O–H groups in total. The zero-order chi connectivity index (χ0) is 17.6. The van der Waals surface area contributed by atoms with Gasteiger partial charge in [-0.25, -0.2) is 13.2 Å². The van der Waals surface area contributed by atoms with Crippen LogP contribution in [-0.2, 0) is 29.9 Å². The number of rotatable bonds is 3. The normalized spacial score (nSPS) is 14.4. The first-order chi connectivity index (χ1) is 11.9. The average molecular weight is 358 g/mol. The minimum absolute atomic E-state index is 0.253. The topological polar surface area (TPSA) is 81.3 Å². The summed E-state index contributed by atoms with van der Waals surface area (Å²) in [4.78, 5) is 11.8. The van der Waals surface area contributed by atoms with Crippen LogP contribution in [0.2, 0.25) is 0 Å². The Hall–Kier alpha value is -2.54. The van der Waals surface area contributed by atoms with E-state index in [-0.39, 0.29) is 4.90 Å². The maximum Gasteiger partial charge on any atom is 0.419 e. The average Bonchev–Trinajstić information content (AvgIpc) is 2.88. The molecule has 1 heterocycles. The molecule has 25 heavy (non-hydrogen) atoms. The lowest BCUT2D eigenvalue weighted by atomic mass is 9.92. The zero-order valence-electron chi connectivity index (χ0n) is 13.8. The van der Waals surface area contributed by atoms with Crippen molar-refractivity contribution in [2.75, 3.05) is 4.72 Å². The van der Waals surface area contributed by atoms with Crippen molar-refractivity contribution in [2.45, 2.75) is 30.6 Å². The third-order valence-electron chi connectivity index (χ3n) is 4.67. The van der Waals surface area contributed by atoms with Crippen LogP contribution >= 0.6 is 0 Å². The van der Waals surface area contributed by atoms with Crippen LogP contribution in [0.25, 0.3) is 11.1 Å². The Kier molecular flexibility index (Phi) is 3.68. The second kappa shape index (κ2) is 5.77. The molecule has 3 aromatic rings. The highest BCUT2D eigenvalue weighted by atomic mass is 32.2. The van der Waals surface area contributed by atoms with Crippen LogP contribution < -0.4 is 10.5 Å². The van der Waals surface area contributed by atoms with Crippen LogP contribution in [0.15, 0.2) is 50.5 Å². The number of hydrogen-bond donors (Lipinski definition) is 1. The summed E-state index contributed by atoms with van der Waals surface area (Å²) in [6.45, 7) is 0. The molecule has 0 aliphatic heterocycles. The first-order valence-corrected chi connectivity index (χ1v) is 9.66. The van der Waals surface area contributed by atoms with Gasteiger partial charge in [-0.05, 0) is 61.1 Å². The molecule has 0 saturated heterocycles. The van der Waals surface area contributed by atoms with Crippen LogP contribution in [0.3, 0.4) is 0 Å². The Labute approximate surface area is 145 Å². The molecule has 1 aromatic heterocycles. The van der Waals surface area contributed by atoms with Gasteiger partial charge in [-0.15, -0.1) is 0 Å². The van der Waals surface area contributed by atoms with Gasteiger partial charge in [-0.2, -0.15) is 0 Å². The highest BCUT2D eigenvalue weighted by Crippen LogP contribution is 2.26. The number of aromatic nitrogens is 1. The predicted molar refractivity (Wildman–Crippen MR) is 95.3 cm³/mol. The van der Waals surface area contributed by atoms with E-state index in [9.17, 15) is 13.2 Å². The molecule has 1 aliphatic carbocycles. The van der Waals surface area contributed by atoms with Crippen LogP contribution in [0.5, 0.6) is 0 Å². The number of anilines is 1. The number of nitrogens with zero attached hydrogens (tertiary/aromatic N) is 1. The van der Waals surface area contributed by atoms with Crippen molar-refractivity contribution in [3.63, 3.8) is 0 Å². The molecular formula is C18H18N2O4S. The summed E-state index contributed by atoms with van der Waals surface area (Å²) in [5, 5.41) is 0. The Morgan fingerprint density at radius 1 is 1.04 bits per heavy atom. The van der Waals surface area contributed by atoms with Crippen molar-refractivity contribution in [3.8, 4) is 0 Å². The third-order valence-corrected chi connectivity index (χ3v) is 6.05. The fourth-order valence-corrected chi connectivity index (χ4v) is 4.39. The van der Waals surface area contributed by atoms with Gasteiger partial charge in [0.15, 0.2) is 5.58 Å². The Morgan fingerprint density at radius 3 is 2.60 bits per heavy atom. The number of sulfonamides is 1. The van der Waals surface area contributed by atoms with E-state index in [1.54, 1.807) is 31.3 Å². The molecule has 1 aliphatic rings. The number of hydrogen-bond acceptors (Lipinski definition) is 4. The van der Waals surface area contributed by atoms with Gasteiger partial charge in [0, 0.05) is 13.1 Å². The lowest BCUT2D eigenvalue weighted by Crippen LogP contribution is -2.14. The molecule has 0 unspecified atom stereocenters. The van der Waals surface area contributed by atoms with E-state index in [4.69, 9.17) is 4.42 Å². The van der Waals surface area contributed by atoms with E-state index in [2.05, 4.69) is 4.72 Å². The second-order valence-corrected chi connectivity index (χ2v) is 8.04. The molecule has 0 radical (unpaired) electrons. The minimum Gasteiger partial charge on any atom is -0.408 e. The SMILES string of the molecule is Cn1c(=O)oc2cc(NS(=O)(=O)c3ccc4c(c3)CCCC4)ccc21. The van der Waals surface area contributed by atoms with Gasteiger partial charge in [0.05, 0.1) is 16.1 Å². The first kappa shape index (κ1) is 16.0.